The predicted molar refractivity (Wildman–Crippen MR) is 94.8 cm³/mol. The molecule has 3 aromatic rings. The number of nitrogens with one attached hydrogen (secondary N) is 1. The number of carbonyl (C=O) groups is 1. The number of hydrogen-bond acceptors (Lipinski definition) is 5. The lowest BCUT2D eigenvalue weighted by Gasteiger charge is -2.15. The van der Waals surface area contributed by atoms with Gasteiger partial charge in [0.25, 0.3) is 0 Å². The quantitative estimate of drug-likeness (QED) is 0.702. The van der Waals surface area contributed by atoms with Crippen LogP contribution in [-0.2, 0) is 4.79 Å². The highest BCUT2D eigenvalue weighted by Crippen LogP contribution is 2.36. The summed E-state index contributed by atoms with van der Waals surface area (Å²) < 4.78 is 0.776. The normalized spacial score (nSPS) is 11.9. The van der Waals surface area contributed by atoms with Crippen LogP contribution in [-0.4, -0.2) is 16.1 Å². The van der Waals surface area contributed by atoms with Crippen LogP contribution in [0.2, 0.25) is 0 Å². The van der Waals surface area contributed by atoms with Crippen LogP contribution in [0.1, 0.15) is 16.4 Å². The van der Waals surface area contributed by atoms with Crippen molar-refractivity contribution in [1.82, 2.24) is 10.2 Å². The molecule has 0 saturated heterocycles. The Bertz CT molecular complexity index is 758. The molecule has 2 aromatic carbocycles. The van der Waals surface area contributed by atoms with E-state index in [2.05, 4.69) is 15.5 Å². The van der Waals surface area contributed by atoms with Gasteiger partial charge in [-0.1, -0.05) is 71.1 Å². The van der Waals surface area contributed by atoms with Gasteiger partial charge >= 0.3 is 0 Å². The van der Waals surface area contributed by atoms with Gasteiger partial charge in [-0.2, -0.15) is 0 Å². The van der Waals surface area contributed by atoms with Crippen LogP contribution in [0.5, 0.6) is 0 Å². The maximum absolute atomic E-state index is 12.7. The Morgan fingerprint density at radius 3 is 2.52 bits per heavy atom. The van der Waals surface area contributed by atoms with Crippen molar-refractivity contribution in [2.75, 3.05) is 5.32 Å². The number of hydrogen-bond donors (Lipinski definition) is 1. The molecule has 0 saturated carbocycles. The first-order valence-corrected chi connectivity index (χ1v) is 8.83. The number of amides is 1. The second-order valence-electron chi connectivity index (χ2n) is 4.97. The Hall–Kier alpha value is -2.18. The molecule has 0 spiro atoms. The van der Waals surface area contributed by atoms with E-state index in [0.717, 1.165) is 21.2 Å². The van der Waals surface area contributed by atoms with Crippen LogP contribution >= 0.6 is 23.1 Å². The summed E-state index contributed by atoms with van der Waals surface area (Å²) in [5.74, 6) is -0.0692. The third-order valence-corrected chi connectivity index (χ3v) is 5.28. The highest BCUT2D eigenvalue weighted by molar-refractivity contribution is 8.01. The second kappa shape index (κ2) is 7.39. The first-order chi connectivity index (χ1) is 11.2. The van der Waals surface area contributed by atoms with Crippen molar-refractivity contribution in [3.8, 4) is 0 Å². The fraction of sp³-hybridized carbons (Fsp3) is 0.118. The number of benzene rings is 2. The van der Waals surface area contributed by atoms with E-state index in [-0.39, 0.29) is 11.2 Å². The Labute approximate surface area is 143 Å². The summed E-state index contributed by atoms with van der Waals surface area (Å²) in [6.45, 7) is 2.02. The highest BCUT2D eigenvalue weighted by Gasteiger charge is 2.23. The number of aryl methyl sites for hydroxylation is 1. The molecule has 1 amide bonds. The number of thioether (sulfide) groups is 1. The standard InChI is InChI=1S/C17H15N3OS2/c1-12-7-9-14(10-8-12)19-16(21)15(13-5-3-2-4-6-13)23-17-20-18-11-22-17/h2-11,15H,1H3,(H,19,21). The van der Waals surface area contributed by atoms with Crippen LogP contribution in [0, 0.1) is 6.92 Å². The highest BCUT2D eigenvalue weighted by atomic mass is 32.2. The Morgan fingerprint density at radius 2 is 1.87 bits per heavy atom. The van der Waals surface area contributed by atoms with Gasteiger partial charge in [0.1, 0.15) is 10.8 Å². The molecule has 0 bridgehead atoms. The second-order valence-corrected chi connectivity index (χ2v) is 7.15. The third-order valence-electron chi connectivity index (χ3n) is 3.22. The zero-order chi connectivity index (χ0) is 16.1. The largest absolute Gasteiger partial charge is 0.325 e. The maximum Gasteiger partial charge on any atom is 0.242 e. The molecule has 3 rings (SSSR count). The predicted octanol–water partition coefficient (Wildman–Crippen LogP) is 4.32. The summed E-state index contributed by atoms with van der Waals surface area (Å²) in [7, 11) is 0. The molecule has 6 heteroatoms. The molecule has 23 heavy (non-hydrogen) atoms. The lowest BCUT2D eigenvalue weighted by atomic mass is 10.1. The minimum Gasteiger partial charge on any atom is -0.325 e. The van der Waals surface area contributed by atoms with Crippen molar-refractivity contribution in [2.45, 2.75) is 16.5 Å². The molecule has 1 heterocycles. The van der Waals surface area contributed by atoms with E-state index in [1.54, 1.807) is 5.51 Å². The number of rotatable bonds is 5. The fourth-order valence-corrected chi connectivity index (χ4v) is 3.73. The smallest absolute Gasteiger partial charge is 0.242 e. The Balaban J connectivity index is 1.82. The van der Waals surface area contributed by atoms with E-state index in [0.29, 0.717) is 0 Å². The molecule has 1 N–H and O–H groups in total. The molecular formula is C17H15N3OS2. The van der Waals surface area contributed by atoms with Crippen LogP contribution in [0.25, 0.3) is 0 Å². The van der Waals surface area contributed by atoms with Crippen molar-refractivity contribution < 1.29 is 4.79 Å². The third kappa shape index (κ3) is 4.18. The molecule has 1 atom stereocenters. The summed E-state index contributed by atoms with van der Waals surface area (Å²) in [4.78, 5) is 12.7. The van der Waals surface area contributed by atoms with Crippen molar-refractivity contribution in [2.24, 2.45) is 0 Å². The van der Waals surface area contributed by atoms with Crippen LogP contribution in [0.3, 0.4) is 0 Å². The zero-order valence-electron chi connectivity index (χ0n) is 12.5. The summed E-state index contributed by atoms with van der Waals surface area (Å²) in [6, 6.07) is 17.5. The van der Waals surface area contributed by atoms with E-state index in [9.17, 15) is 4.79 Å². The van der Waals surface area contributed by atoms with Crippen LogP contribution < -0.4 is 5.32 Å². The van der Waals surface area contributed by atoms with Gasteiger partial charge in [0, 0.05) is 5.69 Å². The van der Waals surface area contributed by atoms with Gasteiger partial charge in [-0.25, -0.2) is 0 Å². The number of aromatic nitrogens is 2. The van der Waals surface area contributed by atoms with Crippen LogP contribution in [0.4, 0.5) is 5.69 Å². The van der Waals surface area contributed by atoms with E-state index in [1.807, 2.05) is 61.5 Å². The van der Waals surface area contributed by atoms with Crippen molar-refractivity contribution >= 4 is 34.7 Å². The maximum atomic E-state index is 12.7. The van der Waals surface area contributed by atoms with Crippen molar-refractivity contribution in [3.05, 3.63) is 71.2 Å². The molecule has 0 aliphatic heterocycles. The van der Waals surface area contributed by atoms with Gasteiger partial charge in [0.15, 0.2) is 4.34 Å². The number of carbonyl (C=O) groups excluding carboxylic acids is 1. The van der Waals surface area contributed by atoms with E-state index in [4.69, 9.17) is 0 Å². The number of nitrogens with zero attached hydrogens (tertiary/aromatic N) is 2. The molecule has 0 aliphatic rings. The van der Waals surface area contributed by atoms with Gasteiger partial charge in [-0.3, -0.25) is 4.79 Å². The van der Waals surface area contributed by atoms with E-state index in [1.165, 1.54) is 23.1 Å². The summed E-state index contributed by atoms with van der Waals surface area (Å²) >= 11 is 2.84. The Morgan fingerprint density at radius 1 is 1.13 bits per heavy atom. The summed E-state index contributed by atoms with van der Waals surface area (Å²) in [6.07, 6.45) is 0. The van der Waals surface area contributed by atoms with Crippen molar-refractivity contribution in [3.63, 3.8) is 0 Å². The van der Waals surface area contributed by atoms with Gasteiger partial charge in [0.2, 0.25) is 5.91 Å². The molecule has 0 fully saturated rings. The van der Waals surface area contributed by atoms with Crippen LogP contribution in [0.15, 0.2) is 64.4 Å². The molecule has 0 radical (unpaired) electrons. The van der Waals surface area contributed by atoms with Gasteiger partial charge < -0.3 is 5.32 Å². The number of anilines is 1. The minimum absolute atomic E-state index is 0.0692. The average molecular weight is 341 g/mol. The van der Waals surface area contributed by atoms with E-state index < -0.39 is 0 Å². The fourth-order valence-electron chi connectivity index (χ4n) is 2.06. The lowest BCUT2D eigenvalue weighted by Crippen LogP contribution is -2.19. The topological polar surface area (TPSA) is 54.9 Å². The molecule has 116 valence electrons. The first kappa shape index (κ1) is 15.7. The van der Waals surface area contributed by atoms with Gasteiger partial charge in [0.05, 0.1) is 0 Å². The first-order valence-electron chi connectivity index (χ1n) is 7.07. The zero-order valence-corrected chi connectivity index (χ0v) is 14.1. The summed E-state index contributed by atoms with van der Waals surface area (Å²) in [5.41, 5.74) is 4.56. The monoisotopic (exact) mass is 341 g/mol. The average Bonchev–Trinajstić information content (AvgIpc) is 3.09. The SMILES string of the molecule is Cc1ccc(NC(=O)C(Sc2nncs2)c2ccccc2)cc1. The van der Waals surface area contributed by atoms with Gasteiger partial charge in [-0.05, 0) is 24.6 Å². The molecule has 0 aliphatic carbocycles. The minimum atomic E-state index is -0.370. The lowest BCUT2D eigenvalue weighted by molar-refractivity contribution is -0.115. The van der Waals surface area contributed by atoms with Gasteiger partial charge in [-0.15, -0.1) is 10.2 Å². The Kier molecular flexibility index (Phi) is 5.05. The van der Waals surface area contributed by atoms with Crippen molar-refractivity contribution in [1.29, 1.82) is 0 Å². The molecular weight excluding hydrogens is 326 g/mol. The molecule has 1 unspecified atom stereocenters. The molecule has 1 aromatic heterocycles. The van der Waals surface area contributed by atoms with E-state index >= 15 is 0 Å². The summed E-state index contributed by atoms with van der Waals surface area (Å²) in [5, 5.41) is 10.5. The molecule has 4 nitrogen and oxygen atoms in total.